The minimum absolute atomic E-state index is 0.481. The summed E-state index contributed by atoms with van der Waals surface area (Å²) >= 11 is 0. The summed E-state index contributed by atoms with van der Waals surface area (Å²) in [5, 5.41) is 0. The summed E-state index contributed by atoms with van der Waals surface area (Å²) in [4.78, 5) is 10.1. The standard InChI is InChI=1S/C10H8F11NO3/c11-6(8(15,16)17,5(23)7(12,13)14)25-10(20,21)9(18,19)22-1-3-24-4-2-22/h1-4H2. The van der Waals surface area contributed by atoms with Crippen LogP contribution in [0.2, 0.25) is 0 Å². The van der Waals surface area contributed by atoms with Crippen molar-refractivity contribution in [2.24, 2.45) is 0 Å². The number of carbonyl (C=O) groups is 1. The Bertz CT molecular complexity index is 497. The number of hydrogen-bond donors (Lipinski definition) is 0. The van der Waals surface area contributed by atoms with E-state index in [9.17, 15) is 53.1 Å². The first-order valence-corrected chi connectivity index (χ1v) is 6.12. The van der Waals surface area contributed by atoms with Crippen LogP contribution in [0.4, 0.5) is 48.3 Å². The number of ether oxygens (including phenoxy) is 2. The number of halogens is 11. The Morgan fingerprint density at radius 1 is 0.840 bits per heavy atom. The summed E-state index contributed by atoms with van der Waals surface area (Å²) in [6.07, 6.45) is -20.1. The van der Waals surface area contributed by atoms with Crippen molar-refractivity contribution in [3.05, 3.63) is 0 Å². The number of hydrogen-bond acceptors (Lipinski definition) is 4. The van der Waals surface area contributed by atoms with Crippen LogP contribution >= 0.6 is 0 Å². The number of Topliss-reactive ketones (excluding diaryl/α,β-unsaturated/α-hetero) is 1. The monoisotopic (exact) mass is 399 g/mol. The molecule has 1 aliphatic heterocycles. The zero-order chi connectivity index (χ0) is 19.9. The molecule has 1 saturated heterocycles. The minimum atomic E-state index is -7.01. The van der Waals surface area contributed by atoms with Crippen molar-refractivity contribution in [3.63, 3.8) is 0 Å². The van der Waals surface area contributed by atoms with Gasteiger partial charge in [0.05, 0.1) is 13.2 Å². The number of alkyl halides is 11. The molecule has 0 aromatic heterocycles. The van der Waals surface area contributed by atoms with Crippen LogP contribution in [-0.4, -0.2) is 67.3 Å². The van der Waals surface area contributed by atoms with E-state index in [0.717, 1.165) is 0 Å². The van der Waals surface area contributed by atoms with Gasteiger partial charge in [-0.2, -0.15) is 48.3 Å². The second-order valence-corrected chi connectivity index (χ2v) is 4.68. The van der Waals surface area contributed by atoms with E-state index in [1.54, 1.807) is 0 Å². The summed E-state index contributed by atoms with van der Waals surface area (Å²) in [5.41, 5.74) is 0. The molecule has 0 spiro atoms. The first-order chi connectivity index (χ1) is 11.0. The molecule has 1 atom stereocenters. The van der Waals surface area contributed by atoms with Gasteiger partial charge in [-0.15, -0.1) is 0 Å². The van der Waals surface area contributed by atoms with E-state index < -0.39 is 67.3 Å². The Kier molecular flexibility index (Phi) is 5.67. The van der Waals surface area contributed by atoms with Gasteiger partial charge in [0.25, 0.3) is 0 Å². The maximum absolute atomic E-state index is 13.6. The van der Waals surface area contributed by atoms with Crippen LogP contribution in [0.25, 0.3) is 0 Å². The van der Waals surface area contributed by atoms with Gasteiger partial charge in [-0.1, -0.05) is 0 Å². The Morgan fingerprint density at radius 2 is 1.28 bits per heavy atom. The van der Waals surface area contributed by atoms with E-state index in [1.807, 2.05) is 0 Å². The van der Waals surface area contributed by atoms with E-state index in [0.29, 0.717) is 0 Å². The van der Waals surface area contributed by atoms with Gasteiger partial charge in [-0.25, -0.2) is 4.90 Å². The molecule has 0 aliphatic carbocycles. The lowest BCUT2D eigenvalue weighted by Gasteiger charge is -2.39. The van der Waals surface area contributed by atoms with E-state index in [1.165, 1.54) is 0 Å². The van der Waals surface area contributed by atoms with Crippen molar-refractivity contribution in [2.45, 2.75) is 30.4 Å². The van der Waals surface area contributed by atoms with Gasteiger partial charge in [0.2, 0.25) is 0 Å². The summed E-state index contributed by atoms with van der Waals surface area (Å²) < 4.78 is 148. The van der Waals surface area contributed by atoms with Gasteiger partial charge in [-0.05, 0) is 0 Å². The molecule has 0 bridgehead atoms. The molecule has 1 heterocycles. The molecule has 0 amide bonds. The number of nitrogens with zero attached hydrogens (tertiary/aromatic N) is 1. The molecule has 148 valence electrons. The molecule has 1 fully saturated rings. The van der Waals surface area contributed by atoms with Gasteiger partial charge in [0.15, 0.2) is 0 Å². The molecule has 1 rings (SSSR count). The fourth-order valence-corrected chi connectivity index (χ4v) is 1.68. The molecular weight excluding hydrogens is 391 g/mol. The Labute approximate surface area is 131 Å². The summed E-state index contributed by atoms with van der Waals surface area (Å²) in [6, 6.07) is -5.66. The Morgan fingerprint density at radius 3 is 1.64 bits per heavy atom. The lowest BCUT2D eigenvalue weighted by Crippen LogP contribution is -2.65. The average molecular weight is 399 g/mol. The summed E-state index contributed by atoms with van der Waals surface area (Å²) in [7, 11) is 0. The molecule has 0 saturated carbocycles. The third-order valence-electron chi connectivity index (χ3n) is 2.94. The number of rotatable bonds is 5. The van der Waals surface area contributed by atoms with Crippen molar-refractivity contribution in [1.29, 1.82) is 0 Å². The van der Waals surface area contributed by atoms with Crippen molar-refractivity contribution < 1.29 is 62.6 Å². The quantitative estimate of drug-likeness (QED) is 0.527. The van der Waals surface area contributed by atoms with Gasteiger partial charge in [-0.3, -0.25) is 9.53 Å². The molecule has 0 aromatic carbocycles. The predicted octanol–water partition coefficient (Wildman–Crippen LogP) is 2.88. The number of ketones is 1. The number of morpholine rings is 1. The van der Waals surface area contributed by atoms with Crippen molar-refractivity contribution in [1.82, 2.24) is 4.90 Å². The molecule has 15 heteroatoms. The lowest BCUT2D eigenvalue weighted by molar-refractivity contribution is -0.461. The largest absolute Gasteiger partial charge is 0.457 e. The van der Waals surface area contributed by atoms with Gasteiger partial charge in [0.1, 0.15) is 0 Å². The zero-order valence-corrected chi connectivity index (χ0v) is 11.7. The normalized spacial score (nSPS) is 21.1. The van der Waals surface area contributed by atoms with E-state index in [2.05, 4.69) is 9.47 Å². The lowest BCUT2D eigenvalue weighted by atomic mass is 10.1. The van der Waals surface area contributed by atoms with Crippen LogP contribution in [-0.2, 0) is 14.3 Å². The first kappa shape index (κ1) is 21.8. The second-order valence-electron chi connectivity index (χ2n) is 4.68. The molecule has 25 heavy (non-hydrogen) atoms. The van der Waals surface area contributed by atoms with Gasteiger partial charge < -0.3 is 4.74 Å². The topological polar surface area (TPSA) is 38.8 Å². The Balaban J connectivity index is 3.24. The molecule has 4 nitrogen and oxygen atoms in total. The Hall–Kier alpha value is -1.22. The third-order valence-corrected chi connectivity index (χ3v) is 2.94. The smallest absolute Gasteiger partial charge is 0.379 e. The summed E-state index contributed by atoms with van der Waals surface area (Å²) in [5.74, 6) is -11.2. The van der Waals surface area contributed by atoms with E-state index in [4.69, 9.17) is 0 Å². The van der Waals surface area contributed by atoms with E-state index in [-0.39, 0.29) is 0 Å². The fraction of sp³-hybridized carbons (Fsp3) is 0.900. The molecule has 1 unspecified atom stereocenters. The van der Waals surface area contributed by atoms with Crippen LogP contribution in [0.1, 0.15) is 0 Å². The summed E-state index contributed by atoms with van der Waals surface area (Å²) in [6.45, 7) is -3.06. The second kappa shape index (κ2) is 6.50. The van der Waals surface area contributed by atoms with Crippen molar-refractivity contribution >= 4 is 5.78 Å². The number of carbonyl (C=O) groups excluding carboxylic acids is 1. The van der Waals surface area contributed by atoms with Crippen LogP contribution in [0.3, 0.4) is 0 Å². The fourth-order valence-electron chi connectivity index (χ4n) is 1.68. The highest BCUT2D eigenvalue weighted by Crippen LogP contribution is 2.48. The first-order valence-electron chi connectivity index (χ1n) is 6.12. The van der Waals surface area contributed by atoms with Crippen LogP contribution in [0.15, 0.2) is 0 Å². The van der Waals surface area contributed by atoms with Crippen molar-refractivity contribution in [2.75, 3.05) is 26.3 Å². The zero-order valence-electron chi connectivity index (χ0n) is 11.7. The van der Waals surface area contributed by atoms with Gasteiger partial charge in [0, 0.05) is 13.1 Å². The SMILES string of the molecule is O=C(C(F)(F)F)C(F)(OC(F)(F)C(F)(F)N1CCOCC1)C(F)(F)F. The minimum Gasteiger partial charge on any atom is -0.379 e. The average Bonchev–Trinajstić information content (AvgIpc) is 2.44. The highest BCUT2D eigenvalue weighted by Gasteiger charge is 2.76. The van der Waals surface area contributed by atoms with Crippen LogP contribution < -0.4 is 0 Å². The molecular formula is C10H8F11NO3. The highest BCUT2D eigenvalue weighted by atomic mass is 19.4. The van der Waals surface area contributed by atoms with Crippen LogP contribution in [0, 0.1) is 0 Å². The van der Waals surface area contributed by atoms with Gasteiger partial charge >= 0.3 is 36.1 Å². The molecule has 0 radical (unpaired) electrons. The maximum Gasteiger partial charge on any atom is 0.457 e. The van der Waals surface area contributed by atoms with Crippen molar-refractivity contribution in [3.8, 4) is 0 Å². The third kappa shape index (κ3) is 4.13. The molecule has 0 N–H and O–H groups in total. The molecule has 0 aromatic rings. The predicted molar refractivity (Wildman–Crippen MR) is 54.3 cm³/mol. The van der Waals surface area contributed by atoms with E-state index >= 15 is 0 Å². The highest BCUT2D eigenvalue weighted by molar-refractivity contribution is 5.91. The molecule has 1 aliphatic rings. The maximum atomic E-state index is 13.6. The van der Waals surface area contributed by atoms with Crippen LogP contribution in [0.5, 0.6) is 0 Å².